The molecule has 1 aromatic rings. The van der Waals surface area contributed by atoms with E-state index in [4.69, 9.17) is 16.3 Å². The van der Waals surface area contributed by atoms with Gasteiger partial charge in [-0.25, -0.2) is 0 Å². The second-order valence-electron chi connectivity index (χ2n) is 5.82. The zero-order valence-corrected chi connectivity index (χ0v) is 14.8. The van der Waals surface area contributed by atoms with Crippen molar-refractivity contribution >= 4 is 23.3 Å². The fourth-order valence-electron chi connectivity index (χ4n) is 2.65. The van der Waals surface area contributed by atoms with Crippen LogP contribution in [0.3, 0.4) is 0 Å². The standard InChI is InChI=1S/C15H24ClN5O2/c1-17-13-12(16)7-11(15(19-13)23-4)14(22)18-10-8-20(2)5-6-21(3)9-10/h7,10H,5-6,8-9H2,1-4H3,(H,17,19)(H,18,22). The van der Waals surface area contributed by atoms with Crippen molar-refractivity contribution in [3.8, 4) is 5.88 Å². The molecule has 0 atom stereocenters. The molecule has 0 bridgehead atoms. The predicted molar refractivity (Wildman–Crippen MR) is 91.6 cm³/mol. The zero-order chi connectivity index (χ0) is 17.0. The summed E-state index contributed by atoms with van der Waals surface area (Å²) in [6, 6.07) is 1.62. The number of ether oxygens (including phenoxy) is 1. The highest BCUT2D eigenvalue weighted by atomic mass is 35.5. The maximum atomic E-state index is 12.6. The summed E-state index contributed by atoms with van der Waals surface area (Å²) >= 11 is 6.14. The number of anilines is 1. The summed E-state index contributed by atoms with van der Waals surface area (Å²) in [7, 11) is 7.31. The summed E-state index contributed by atoms with van der Waals surface area (Å²) in [5.41, 5.74) is 0.339. The number of rotatable bonds is 4. The van der Waals surface area contributed by atoms with Crippen LogP contribution in [0.2, 0.25) is 5.02 Å². The van der Waals surface area contributed by atoms with Crippen molar-refractivity contribution in [3.63, 3.8) is 0 Å². The predicted octanol–water partition coefficient (Wildman–Crippen LogP) is 0.761. The van der Waals surface area contributed by atoms with Crippen molar-refractivity contribution in [2.24, 2.45) is 0 Å². The van der Waals surface area contributed by atoms with Crippen LogP contribution >= 0.6 is 11.6 Å². The third-order valence-corrected chi connectivity index (χ3v) is 4.17. The lowest BCUT2D eigenvalue weighted by Crippen LogP contribution is -2.45. The normalized spacial score (nSPS) is 17.6. The first kappa shape index (κ1) is 17.8. The van der Waals surface area contributed by atoms with Gasteiger partial charge in [-0.1, -0.05) is 11.6 Å². The third-order valence-electron chi connectivity index (χ3n) is 3.88. The van der Waals surface area contributed by atoms with Gasteiger partial charge in [-0.3, -0.25) is 4.79 Å². The molecule has 0 aromatic carbocycles. The van der Waals surface area contributed by atoms with Gasteiger partial charge in [0.2, 0.25) is 5.88 Å². The molecule has 0 spiro atoms. The van der Waals surface area contributed by atoms with E-state index in [0.29, 0.717) is 16.4 Å². The number of nitrogens with one attached hydrogen (secondary N) is 2. The zero-order valence-electron chi connectivity index (χ0n) is 14.0. The van der Waals surface area contributed by atoms with Gasteiger partial charge in [0.05, 0.1) is 18.2 Å². The highest BCUT2D eigenvalue weighted by Gasteiger charge is 2.23. The van der Waals surface area contributed by atoms with Crippen LogP contribution in [0.25, 0.3) is 0 Å². The third kappa shape index (κ3) is 4.46. The summed E-state index contributed by atoms with van der Waals surface area (Å²) in [6.45, 7) is 3.56. The molecule has 0 radical (unpaired) electrons. The second-order valence-corrected chi connectivity index (χ2v) is 6.23. The van der Waals surface area contributed by atoms with Crippen molar-refractivity contribution in [1.29, 1.82) is 0 Å². The van der Waals surface area contributed by atoms with E-state index in [1.165, 1.54) is 7.11 Å². The number of likely N-dealkylation sites (N-methyl/N-ethyl adjacent to an activating group) is 2. The Hall–Kier alpha value is -1.57. The van der Waals surface area contributed by atoms with Gasteiger partial charge < -0.3 is 25.2 Å². The summed E-state index contributed by atoms with van der Waals surface area (Å²) in [5.74, 6) is 0.508. The number of methoxy groups -OCH3 is 1. The number of nitrogens with zero attached hydrogens (tertiary/aromatic N) is 3. The van der Waals surface area contributed by atoms with Crippen LogP contribution in [-0.2, 0) is 0 Å². The summed E-state index contributed by atoms with van der Waals surface area (Å²) in [5, 5.41) is 6.31. The lowest BCUT2D eigenvalue weighted by atomic mass is 10.2. The Morgan fingerprint density at radius 2 is 1.96 bits per heavy atom. The topological polar surface area (TPSA) is 69.7 Å². The molecular formula is C15H24ClN5O2. The van der Waals surface area contributed by atoms with E-state index in [9.17, 15) is 4.79 Å². The Bertz CT molecular complexity index is 557. The molecule has 2 N–H and O–H groups in total. The first-order valence-electron chi connectivity index (χ1n) is 7.54. The molecule has 7 nitrogen and oxygen atoms in total. The first-order valence-corrected chi connectivity index (χ1v) is 7.92. The summed E-state index contributed by atoms with van der Waals surface area (Å²) < 4.78 is 5.23. The average Bonchev–Trinajstić information content (AvgIpc) is 2.67. The molecule has 1 aliphatic rings. The molecule has 8 heteroatoms. The van der Waals surface area contributed by atoms with Crippen molar-refractivity contribution in [3.05, 3.63) is 16.7 Å². The lowest BCUT2D eigenvalue weighted by Gasteiger charge is -2.22. The fourth-order valence-corrected chi connectivity index (χ4v) is 2.90. The molecule has 0 saturated carbocycles. The van der Waals surface area contributed by atoms with Crippen LogP contribution in [0, 0.1) is 0 Å². The molecule has 128 valence electrons. The van der Waals surface area contributed by atoms with Gasteiger partial charge in [0.1, 0.15) is 11.4 Å². The van der Waals surface area contributed by atoms with Crippen LogP contribution in [0.5, 0.6) is 5.88 Å². The van der Waals surface area contributed by atoms with Crippen molar-refractivity contribution in [2.45, 2.75) is 6.04 Å². The Kier molecular flexibility index (Phi) is 6.04. The number of hydrogen-bond acceptors (Lipinski definition) is 6. The van der Waals surface area contributed by atoms with E-state index >= 15 is 0 Å². The average molecular weight is 342 g/mol. The maximum absolute atomic E-state index is 12.6. The highest BCUT2D eigenvalue weighted by Crippen LogP contribution is 2.26. The number of halogens is 1. The minimum absolute atomic E-state index is 0.0347. The minimum Gasteiger partial charge on any atom is -0.480 e. The van der Waals surface area contributed by atoms with Crippen LogP contribution < -0.4 is 15.4 Å². The fraction of sp³-hybridized carbons (Fsp3) is 0.600. The number of carbonyl (C=O) groups excluding carboxylic acids is 1. The SMILES string of the molecule is CNc1nc(OC)c(C(=O)NC2CN(C)CCN(C)C2)cc1Cl. The molecule has 23 heavy (non-hydrogen) atoms. The molecule has 0 aliphatic carbocycles. The Balaban J connectivity index is 2.18. The number of aromatic nitrogens is 1. The Labute approximate surface area is 141 Å². The number of pyridine rings is 1. The molecule has 1 saturated heterocycles. The van der Waals surface area contributed by atoms with Gasteiger partial charge in [0, 0.05) is 33.2 Å². The van der Waals surface area contributed by atoms with Crippen molar-refractivity contribution in [2.75, 3.05) is 59.7 Å². The molecule has 1 aliphatic heterocycles. The molecule has 1 fully saturated rings. The van der Waals surface area contributed by atoms with E-state index in [1.54, 1.807) is 13.1 Å². The Morgan fingerprint density at radius 3 is 2.48 bits per heavy atom. The second kappa shape index (κ2) is 7.81. The lowest BCUT2D eigenvalue weighted by molar-refractivity contribution is 0.0923. The van der Waals surface area contributed by atoms with E-state index in [-0.39, 0.29) is 17.8 Å². The van der Waals surface area contributed by atoms with E-state index in [2.05, 4.69) is 39.5 Å². The van der Waals surface area contributed by atoms with Gasteiger partial charge in [0.25, 0.3) is 5.91 Å². The van der Waals surface area contributed by atoms with Gasteiger partial charge in [-0.15, -0.1) is 0 Å². The van der Waals surface area contributed by atoms with Crippen molar-refractivity contribution < 1.29 is 9.53 Å². The van der Waals surface area contributed by atoms with Gasteiger partial charge in [0.15, 0.2) is 0 Å². The number of hydrogen-bond donors (Lipinski definition) is 2. The molecule has 1 aromatic heterocycles. The van der Waals surface area contributed by atoms with Crippen LogP contribution in [0.15, 0.2) is 6.07 Å². The quantitative estimate of drug-likeness (QED) is 0.842. The maximum Gasteiger partial charge on any atom is 0.257 e. The van der Waals surface area contributed by atoms with Gasteiger partial charge in [-0.05, 0) is 20.2 Å². The highest BCUT2D eigenvalue weighted by molar-refractivity contribution is 6.33. The summed E-state index contributed by atoms with van der Waals surface area (Å²) in [4.78, 5) is 21.3. The minimum atomic E-state index is -0.229. The first-order chi connectivity index (χ1) is 10.9. The molecule has 2 heterocycles. The number of carbonyl (C=O) groups is 1. The monoisotopic (exact) mass is 341 g/mol. The van der Waals surface area contributed by atoms with Gasteiger partial charge >= 0.3 is 0 Å². The van der Waals surface area contributed by atoms with Crippen molar-refractivity contribution in [1.82, 2.24) is 20.1 Å². The van der Waals surface area contributed by atoms with E-state index < -0.39 is 0 Å². The van der Waals surface area contributed by atoms with E-state index in [1.807, 2.05) is 0 Å². The van der Waals surface area contributed by atoms with Gasteiger partial charge in [-0.2, -0.15) is 4.98 Å². The Morgan fingerprint density at radius 1 is 1.35 bits per heavy atom. The van der Waals surface area contributed by atoms with Crippen LogP contribution in [-0.4, -0.2) is 81.2 Å². The van der Waals surface area contributed by atoms with Crippen LogP contribution in [0.1, 0.15) is 10.4 Å². The molecular weight excluding hydrogens is 318 g/mol. The van der Waals surface area contributed by atoms with E-state index in [0.717, 1.165) is 26.2 Å². The summed E-state index contributed by atoms with van der Waals surface area (Å²) in [6.07, 6.45) is 0. The number of amides is 1. The molecule has 1 amide bonds. The smallest absolute Gasteiger partial charge is 0.257 e. The van der Waals surface area contributed by atoms with Crippen LogP contribution in [0.4, 0.5) is 5.82 Å². The largest absolute Gasteiger partial charge is 0.480 e. The molecule has 2 rings (SSSR count). The molecule has 0 unspecified atom stereocenters.